The predicted molar refractivity (Wildman–Crippen MR) is 76.0 cm³/mol. The number of phenols is 1. The molecule has 2 rings (SSSR count). The number of benzene rings is 1. The van der Waals surface area contributed by atoms with Gasteiger partial charge in [-0.3, -0.25) is 4.79 Å². The third-order valence-electron chi connectivity index (χ3n) is 3.81. The summed E-state index contributed by atoms with van der Waals surface area (Å²) in [5.41, 5.74) is 6.27. The van der Waals surface area contributed by atoms with Crippen molar-refractivity contribution in [2.75, 3.05) is 5.73 Å². The van der Waals surface area contributed by atoms with Crippen LogP contribution in [0.25, 0.3) is 0 Å². The predicted octanol–water partition coefficient (Wildman–Crippen LogP) is 2.53. The highest BCUT2D eigenvalue weighted by atomic mass is 16.3. The molecule has 0 aliphatic heterocycles. The molecular weight excluding hydrogens is 240 g/mol. The maximum Gasteiger partial charge on any atom is 0.251 e. The van der Waals surface area contributed by atoms with E-state index in [9.17, 15) is 9.90 Å². The van der Waals surface area contributed by atoms with Crippen LogP contribution in [-0.4, -0.2) is 17.1 Å². The van der Waals surface area contributed by atoms with Gasteiger partial charge in [-0.1, -0.05) is 13.8 Å². The van der Waals surface area contributed by atoms with Crippen LogP contribution in [0.2, 0.25) is 0 Å². The van der Waals surface area contributed by atoms with Gasteiger partial charge in [0.2, 0.25) is 0 Å². The van der Waals surface area contributed by atoms with Crippen LogP contribution in [0.4, 0.5) is 5.69 Å². The zero-order chi connectivity index (χ0) is 14.0. The third kappa shape index (κ3) is 3.40. The second-order valence-corrected chi connectivity index (χ2v) is 5.86. The summed E-state index contributed by atoms with van der Waals surface area (Å²) in [6.07, 6.45) is 3.28. The number of anilines is 1. The Bertz CT molecular complexity index is 463. The first-order chi connectivity index (χ1) is 8.95. The van der Waals surface area contributed by atoms with Crippen LogP contribution < -0.4 is 11.1 Å². The van der Waals surface area contributed by atoms with Crippen LogP contribution in [0.1, 0.15) is 43.5 Å². The molecule has 1 fully saturated rings. The van der Waals surface area contributed by atoms with E-state index in [2.05, 4.69) is 19.2 Å². The third-order valence-corrected chi connectivity index (χ3v) is 3.81. The lowest BCUT2D eigenvalue weighted by Gasteiger charge is -2.32. The van der Waals surface area contributed by atoms with Crippen LogP contribution >= 0.6 is 0 Å². The van der Waals surface area contributed by atoms with E-state index in [-0.39, 0.29) is 23.4 Å². The normalized spacial score (nSPS) is 26.9. The molecule has 1 amide bonds. The van der Waals surface area contributed by atoms with Gasteiger partial charge < -0.3 is 16.2 Å². The van der Waals surface area contributed by atoms with Crippen LogP contribution in [0, 0.1) is 11.8 Å². The molecule has 1 aromatic carbocycles. The van der Waals surface area contributed by atoms with Crippen molar-refractivity contribution in [1.29, 1.82) is 0 Å². The SMILES string of the molecule is CC1CC(C)CC(NC(=O)c2ccc(N)c(O)c2)C1. The summed E-state index contributed by atoms with van der Waals surface area (Å²) in [4.78, 5) is 12.1. The fourth-order valence-corrected chi connectivity index (χ4v) is 3.02. The lowest BCUT2D eigenvalue weighted by Crippen LogP contribution is -2.40. The molecule has 1 saturated carbocycles. The highest BCUT2D eigenvalue weighted by Crippen LogP contribution is 2.29. The average molecular weight is 262 g/mol. The zero-order valence-electron chi connectivity index (χ0n) is 11.5. The van der Waals surface area contributed by atoms with E-state index in [1.807, 2.05) is 0 Å². The zero-order valence-corrected chi connectivity index (χ0v) is 11.5. The number of hydrogen-bond acceptors (Lipinski definition) is 3. The summed E-state index contributed by atoms with van der Waals surface area (Å²) < 4.78 is 0. The molecule has 4 N–H and O–H groups in total. The first-order valence-corrected chi connectivity index (χ1v) is 6.85. The highest BCUT2D eigenvalue weighted by molar-refractivity contribution is 5.95. The van der Waals surface area contributed by atoms with Crippen LogP contribution in [0.15, 0.2) is 18.2 Å². The van der Waals surface area contributed by atoms with Crippen molar-refractivity contribution in [3.05, 3.63) is 23.8 Å². The number of nitrogen functional groups attached to an aromatic ring is 1. The number of rotatable bonds is 2. The van der Waals surface area contributed by atoms with E-state index in [1.54, 1.807) is 12.1 Å². The summed E-state index contributed by atoms with van der Waals surface area (Å²) in [5, 5.41) is 12.6. The van der Waals surface area contributed by atoms with E-state index in [0.29, 0.717) is 17.4 Å². The summed E-state index contributed by atoms with van der Waals surface area (Å²) in [6.45, 7) is 4.45. The van der Waals surface area contributed by atoms with E-state index < -0.39 is 0 Å². The molecule has 0 heterocycles. The Hall–Kier alpha value is -1.71. The molecule has 1 aliphatic carbocycles. The van der Waals surface area contributed by atoms with Crippen molar-refractivity contribution < 1.29 is 9.90 Å². The highest BCUT2D eigenvalue weighted by Gasteiger charge is 2.25. The molecule has 2 atom stereocenters. The number of carbonyl (C=O) groups excluding carboxylic acids is 1. The van der Waals surface area contributed by atoms with Crippen molar-refractivity contribution in [2.45, 2.75) is 39.2 Å². The molecule has 4 heteroatoms. The first-order valence-electron chi connectivity index (χ1n) is 6.85. The second-order valence-electron chi connectivity index (χ2n) is 5.86. The molecule has 104 valence electrons. The van der Waals surface area contributed by atoms with E-state index in [1.165, 1.54) is 12.5 Å². The minimum Gasteiger partial charge on any atom is -0.506 e. The Morgan fingerprint density at radius 3 is 2.47 bits per heavy atom. The van der Waals surface area contributed by atoms with Gasteiger partial charge in [-0.25, -0.2) is 0 Å². The topological polar surface area (TPSA) is 75.4 Å². The Labute approximate surface area is 114 Å². The van der Waals surface area contributed by atoms with Gasteiger partial charge in [0, 0.05) is 11.6 Å². The number of nitrogens with one attached hydrogen (secondary N) is 1. The molecular formula is C15H22N2O2. The number of amides is 1. The Morgan fingerprint density at radius 1 is 1.26 bits per heavy atom. The fourth-order valence-electron chi connectivity index (χ4n) is 3.02. The van der Waals surface area contributed by atoms with Gasteiger partial charge in [0.1, 0.15) is 5.75 Å². The van der Waals surface area contributed by atoms with Crippen LogP contribution in [-0.2, 0) is 0 Å². The molecule has 4 nitrogen and oxygen atoms in total. The van der Waals surface area contributed by atoms with Crippen molar-refractivity contribution in [1.82, 2.24) is 5.32 Å². The lowest BCUT2D eigenvalue weighted by atomic mass is 9.80. The van der Waals surface area contributed by atoms with Crippen molar-refractivity contribution in [2.24, 2.45) is 11.8 Å². The van der Waals surface area contributed by atoms with Crippen molar-refractivity contribution in [3.8, 4) is 5.75 Å². The van der Waals surface area contributed by atoms with E-state index >= 15 is 0 Å². The van der Waals surface area contributed by atoms with Gasteiger partial charge in [-0.05, 0) is 49.3 Å². The fraction of sp³-hybridized carbons (Fsp3) is 0.533. The molecule has 0 radical (unpaired) electrons. The van der Waals surface area contributed by atoms with Gasteiger partial charge in [0.05, 0.1) is 5.69 Å². The van der Waals surface area contributed by atoms with Crippen LogP contribution in [0.5, 0.6) is 5.75 Å². The molecule has 1 aromatic rings. The van der Waals surface area contributed by atoms with Crippen LogP contribution in [0.3, 0.4) is 0 Å². The van der Waals surface area contributed by atoms with Gasteiger partial charge in [-0.15, -0.1) is 0 Å². The Morgan fingerprint density at radius 2 is 1.89 bits per heavy atom. The first kappa shape index (κ1) is 13.7. The van der Waals surface area contributed by atoms with Crippen molar-refractivity contribution >= 4 is 11.6 Å². The molecule has 0 aromatic heterocycles. The van der Waals surface area contributed by atoms with Gasteiger partial charge in [-0.2, -0.15) is 0 Å². The van der Waals surface area contributed by atoms with Gasteiger partial charge >= 0.3 is 0 Å². The standard InChI is InChI=1S/C15H22N2O2/c1-9-5-10(2)7-12(6-9)17-15(19)11-3-4-13(16)14(18)8-11/h3-4,8-10,12,18H,5-7,16H2,1-2H3,(H,17,19). The monoisotopic (exact) mass is 262 g/mol. The maximum absolute atomic E-state index is 12.1. The Balaban J connectivity index is 2.02. The number of hydrogen-bond donors (Lipinski definition) is 3. The number of aromatic hydroxyl groups is 1. The maximum atomic E-state index is 12.1. The quantitative estimate of drug-likeness (QED) is 0.566. The van der Waals surface area contributed by atoms with E-state index in [4.69, 9.17) is 5.73 Å². The summed E-state index contributed by atoms with van der Waals surface area (Å²) in [6, 6.07) is 4.84. The van der Waals surface area contributed by atoms with Gasteiger partial charge in [0.15, 0.2) is 0 Å². The minimum absolute atomic E-state index is 0.0435. The number of nitrogens with two attached hydrogens (primary N) is 1. The largest absolute Gasteiger partial charge is 0.506 e. The minimum atomic E-state index is -0.137. The van der Waals surface area contributed by atoms with Gasteiger partial charge in [0.25, 0.3) is 5.91 Å². The Kier molecular flexibility index (Phi) is 3.98. The molecule has 0 saturated heterocycles. The van der Waals surface area contributed by atoms with Crippen molar-refractivity contribution in [3.63, 3.8) is 0 Å². The molecule has 19 heavy (non-hydrogen) atoms. The van der Waals surface area contributed by atoms with E-state index in [0.717, 1.165) is 12.8 Å². The lowest BCUT2D eigenvalue weighted by molar-refractivity contribution is 0.0911. The molecule has 2 unspecified atom stereocenters. The summed E-state index contributed by atoms with van der Waals surface area (Å²) >= 11 is 0. The smallest absolute Gasteiger partial charge is 0.251 e. The molecule has 0 bridgehead atoms. The molecule has 1 aliphatic rings. The number of carbonyl (C=O) groups is 1. The summed E-state index contributed by atoms with van der Waals surface area (Å²) in [5.74, 6) is 1.11. The average Bonchev–Trinajstić information content (AvgIpc) is 2.31. The second kappa shape index (κ2) is 5.51. The number of phenolic OH excluding ortho intramolecular Hbond substituents is 1. The summed E-state index contributed by atoms with van der Waals surface area (Å²) in [7, 11) is 0. The molecule has 0 spiro atoms.